The van der Waals surface area contributed by atoms with Crippen molar-refractivity contribution in [2.24, 2.45) is 0 Å². The number of halogens is 2. The smallest absolute Gasteiger partial charge is 0.143 e. The van der Waals surface area contributed by atoms with Gasteiger partial charge in [-0.3, -0.25) is 4.40 Å². The van der Waals surface area contributed by atoms with Crippen LogP contribution < -0.4 is 0 Å². The van der Waals surface area contributed by atoms with E-state index in [4.69, 9.17) is 11.6 Å². The molecular weight excluding hydrogens is 269 g/mol. The molecule has 3 nitrogen and oxygen atoms in total. The van der Waals surface area contributed by atoms with Gasteiger partial charge in [-0.25, -0.2) is 4.98 Å². The molecule has 0 bridgehead atoms. The molecule has 90 valence electrons. The summed E-state index contributed by atoms with van der Waals surface area (Å²) in [7, 11) is 0. The normalized spacial score (nSPS) is 11.2. The van der Waals surface area contributed by atoms with Crippen LogP contribution in [-0.4, -0.2) is 14.4 Å². The van der Waals surface area contributed by atoms with Crippen LogP contribution in [0.25, 0.3) is 27.7 Å². The van der Waals surface area contributed by atoms with Crippen molar-refractivity contribution in [3.05, 3.63) is 47.6 Å². The molecule has 0 atom stereocenters. The minimum absolute atomic E-state index is 0. The lowest BCUT2D eigenvalue weighted by atomic mass is 10.2. The van der Waals surface area contributed by atoms with Crippen LogP contribution in [0.5, 0.6) is 0 Å². The zero-order valence-corrected chi connectivity index (χ0v) is 10.8. The average molecular weight is 278 g/mol. The van der Waals surface area contributed by atoms with Crippen molar-refractivity contribution < 1.29 is 0 Å². The number of aromatic amines is 1. The van der Waals surface area contributed by atoms with E-state index in [2.05, 4.69) is 9.97 Å². The number of hydrogen-bond donors (Lipinski definition) is 1. The summed E-state index contributed by atoms with van der Waals surface area (Å²) >= 11 is 6.03. The molecule has 18 heavy (non-hydrogen) atoms. The predicted octanol–water partition coefficient (Wildman–Crippen LogP) is 4.04. The fraction of sp³-hybridized carbons (Fsp3) is 0. The highest BCUT2D eigenvalue weighted by Gasteiger charge is 2.10. The molecule has 0 fully saturated rings. The second kappa shape index (κ2) is 3.90. The van der Waals surface area contributed by atoms with Crippen LogP contribution in [0.2, 0.25) is 5.02 Å². The number of nitrogens with zero attached hydrogens (tertiary/aromatic N) is 2. The highest BCUT2D eigenvalue weighted by atomic mass is 35.5. The molecule has 0 aliphatic heterocycles. The van der Waals surface area contributed by atoms with Gasteiger partial charge >= 0.3 is 0 Å². The van der Waals surface area contributed by atoms with E-state index in [1.807, 2.05) is 47.0 Å². The molecule has 5 heteroatoms. The van der Waals surface area contributed by atoms with Crippen molar-refractivity contribution in [1.82, 2.24) is 14.4 Å². The van der Waals surface area contributed by atoms with Gasteiger partial charge in [-0.15, -0.1) is 12.4 Å². The van der Waals surface area contributed by atoms with Gasteiger partial charge < -0.3 is 4.98 Å². The Hall–Kier alpha value is -1.71. The maximum absolute atomic E-state index is 6.03. The minimum atomic E-state index is 0. The number of rotatable bonds is 0. The van der Waals surface area contributed by atoms with Gasteiger partial charge in [-0.1, -0.05) is 17.7 Å². The first-order chi connectivity index (χ1) is 8.33. The lowest BCUT2D eigenvalue weighted by Gasteiger charge is -1.92. The highest BCUT2D eigenvalue weighted by molar-refractivity contribution is 6.31. The molecule has 0 amide bonds. The summed E-state index contributed by atoms with van der Waals surface area (Å²) in [6.07, 6.45) is 2.00. The Kier molecular flexibility index (Phi) is 2.47. The molecule has 0 unspecified atom stereocenters. The van der Waals surface area contributed by atoms with Crippen LogP contribution in [0.15, 0.2) is 42.6 Å². The number of pyridine rings is 1. The largest absolute Gasteiger partial charge is 0.339 e. The maximum atomic E-state index is 6.03. The number of nitrogens with one attached hydrogen (secondary N) is 1. The SMILES string of the molecule is Cl.Clc1ccc2[nH]c3c(nc4ccccn43)c2c1. The average Bonchev–Trinajstić information content (AvgIpc) is 2.85. The number of benzene rings is 1. The second-order valence-electron chi connectivity index (χ2n) is 4.05. The van der Waals surface area contributed by atoms with Crippen LogP contribution in [-0.2, 0) is 0 Å². The molecule has 0 spiro atoms. The van der Waals surface area contributed by atoms with Gasteiger partial charge in [0.2, 0.25) is 0 Å². The van der Waals surface area contributed by atoms with E-state index < -0.39 is 0 Å². The zero-order chi connectivity index (χ0) is 11.4. The van der Waals surface area contributed by atoms with E-state index >= 15 is 0 Å². The van der Waals surface area contributed by atoms with Crippen LogP contribution in [0.4, 0.5) is 0 Å². The molecule has 0 radical (unpaired) electrons. The van der Waals surface area contributed by atoms with E-state index in [1.54, 1.807) is 0 Å². The Morgan fingerprint density at radius 2 is 2.06 bits per heavy atom. The summed E-state index contributed by atoms with van der Waals surface area (Å²) in [6, 6.07) is 11.8. The van der Waals surface area contributed by atoms with Gasteiger partial charge in [0, 0.05) is 22.1 Å². The van der Waals surface area contributed by atoms with Gasteiger partial charge in [0.05, 0.1) is 0 Å². The van der Waals surface area contributed by atoms with Crippen LogP contribution in [0.1, 0.15) is 0 Å². The predicted molar refractivity (Wildman–Crippen MR) is 76.8 cm³/mol. The topological polar surface area (TPSA) is 33.1 Å². The number of imidazole rings is 1. The first-order valence-electron chi connectivity index (χ1n) is 5.37. The Labute approximate surface area is 114 Å². The first kappa shape index (κ1) is 11.4. The minimum Gasteiger partial charge on any atom is -0.339 e. The number of fused-ring (bicyclic) bond motifs is 5. The Bertz CT molecular complexity index is 860. The van der Waals surface area contributed by atoms with Crippen molar-refractivity contribution in [3.63, 3.8) is 0 Å². The molecule has 0 saturated heterocycles. The molecule has 4 rings (SSSR count). The van der Waals surface area contributed by atoms with Gasteiger partial charge in [0.15, 0.2) is 0 Å². The Morgan fingerprint density at radius 1 is 1.17 bits per heavy atom. The first-order valence-corrected chi connectivity index (χ1v) is 5.75. The number of aromatic nitrogens is 3. The summed E-state index contributed by atoms with van der Waals surface area (Å²) in [4.78, 5) is 7.99. The van der Waals surface area contributed by atoms with E-state index in [-0.39, 0.29) is 12.4 Å². The summed E-state index contributed by atoms with van der Waals surface area (Å²) in [5, 5.41) is 1.80. The fourth-order valence-corrected chi connectivity index (χ4v) is 2.42. The monoisotopic (exact) mass is 277 g/mol. The van der Waals surface area contributed by atoms with Gasteiger partial charge in [-0.2, -0.15) is 0 Å². The quantitative estimate of drug-likeness (QED) is 0.517. The van der Waals surface area contributed by atoms with E-state index in [0.29, 0.717) is 0 Å². The number of H-pyrrole nitrogens is 1. The number of hydrogen-bond acceptors (Lipinski definition) is 1. The van der Waals surface area contributed by atoms with Crippen molar-refractivity contribution in [1.29, 1.82) is 0 Å². The molecule has 1 aromatic carbocycles. The third-order valence-electron chi connectivity index (χ3n) is 3.02. The second-order valence-corrected chi connectivity index (χ2v) is 4.49. The van der Waals surface area contributed by atoms with E-state index in [0.717, 1.165) is 32.7 Å². The summed E-state index contributed by atoms with van der Waals surface area (Å²) in [6.45, 7) is 0. The Morgan fingerprint density at radius 3 is 2.94 bits per heavy atom. The van der Waals surface area contributed by atoms with Crippen molar-refractivity contribution in [2.45, 2.75) is 0 Å². The van der Waals surface area contributed by atoms with Gasteiger partial charge in [-0.05, 0) is 30.3 Å². The lowest BCUT2D eigenvalue weighted by molar-refractivity contribution is 1.20. The standard InChI is InChI=1S/C13H8ClN3.ClH/c14-8-4-5-10-9(7-8)12-13(15-10)17-6-2-1-3-11(17)16-12;/h1-7,15H;1H. The summed E-state index contributed by atoms with van der Waals surface area (Å²) < 4.78 is 2.04. The van der Waals surface area contributed by atoms with Crippen molar-refractivity contribution in [2.75, 3.05) is 0 Å². The van der Waals surface area contributed by atoms with Gasteiger partial charge in [0.25, 0.3) is 0 Å². The summed E-state index contributed by atoms with van der Waals surface area (Å²) in [5.41, 5.74) is 3.98. The molecule has 4 aromatic rings. The van der Waals surface area contributed by atoms with Crippen LogP contribution in [0, 0.1) is 0 Å². The van der Waals surface area contributed by atoms with Crippen molar-refractivity contribution in [3.8, 4) is 0 Å². The van der Waals surface area contributed by atoms with E-state index in [9.17, 15) is 0 Å². The molecule has 0 aliphatic carbocycles. The summed E-state index contributed by atoms with van der Waals surface area (Å²) in [5.74, 6) is 0. The molecule has 0 saturated carbocycles. The highest BCUT2D eigenvalue weighted by Crippen LogP contribution is 2.27. The fourth-order valence-electron chi connectivity index (χ4n) is 2.25. The third kappa shape index (κ3) is 1.41. The van der Waals surface area contributed by atoms with Gasteiger partial charge in [0.1, 0.15) is 16.8 Å². The molecular formula is C13H9Cl2N3. The lowest BCUT2D eigenvalue weighted by Crippen LogP contribution is -1.82. The van der Waals surface area contributed by atoms with Crippen molar-refractivity contribution >= 4 is 51.7 Å². The molecule has 3 heterocycles. The molecule has 0 aliphatic rings. The van der Waals surface area contributed by atoms with Crippen LogP contribution >= 0.6 is 24.0 Å². The molecule has 3 aromatic heterocycles. The molecule has 1 N–H and O–H groups in total. The third-order valence-corrected chi connectivity index (χ3v) is 3.25. The van der Waals surface area contributed by atoms with Crippen LogP contribution in [0.3, 0.4) is 0 Å². The Balaban J connectivity index is 0.000001000. The zero-order valence-electron chi connectivity index (χ0n) is 9.22. The van der Waals surface area contributed by atoms with E-state index in [1.165, 1.54) is 0 Å². The maximum Gasteiger partial charge on any atom is 0.143 e.